The first-order chi connectivity index (χ1) is 18.4. The molecule has 2 aromatic carbocycles. The van der Waals surface area contributed by atoms with Crippen LogP contribution in [0.5, 0.6) is 5.75 Å². The predicted molar refractivity (Wildman–Crippen MR) is 145 cm³/mol. The number of hydrogen-bond donors (Lipinski definition) is 4. The van der Waals surface area contributed by atoms with E-state index < -0.39 is 10.1 Å². The van der Waals surface area contributed by atoms with Gasteiger partial charge in [0.1, 0.15) is 10.6 Å². The normalized spacial score (nSPS) is 18.1. The van der Waals surface area contributed by atoms with Gasteiger partial charge in [0.15, 0.2) is 0 Å². The third-order valence-electron chi connectivity index (χ3n) is 6.73. The van der Waals surface area contributed by atoms with Crippen LogP contribution < -0.4 is 20.1 Å². The third kappa shape index (κ3) is 6.94. The van der Waals surface area contributed by atoms with Crippen molar-refractivity contribution < 1.29 is 22.1 Å². The summed E-state index contributed by atoms with van der Waals surface area (Å²) < 4.78 is 36.6. The number of likely N-dealkylation sites (tertiary alicyclic amines) is 1. The lowest BCUT2D eigenvalue weighted by Gasteiger charge is -2.14. The van der Waals surface area contributed by atoms with Crippen LogP contribution in [0, 0.1) is 0 Å². The minimum Gasteiger partial charge on any atom is -0.382 e. The van der Waals surface area contributed by atoms with Gasteiger partial charge in [-0.3, -0.25) is 5.32 Å². The number of rotatable bonds is 11. The van der Waals surface area contributed by atoms with Gasteiger partial charge in [0.25, 0.3) is 0 Å². The average Bonchev–Trinajstić information content (AvgIpc) is 3.68. The zero-order valence-corrected chi connectivity index (χ0v) is 22.1. The molecule has 2 saturated heterocycles. The van der Waals surface area contributed by atoms with Crippen molar-refractivity contribution in [2.45, 2.75) is 43.1 Å². The van der Waals surface area contributed by atoms with E-state index in [1.54, 1.807) is 18.2 Å². The number of H-pyrrole nitrogens is 1. The molecule has 2 aliphatic rings. The number of anilines is 2. The van der Waals surface area contributed by atoms with E-state index in [1.807, 2.05) is 0 Å². The Kier molecular flexibility index (Phi) is 8.30. The fourth-order valence-electron chi connectivity index (χ4n) is 4.71. The highest BCUT2D eigenvalue weighted by molar-refractivity contribution is 7.87. The number of hydrogen-bond acceptors (Lipinski definition) is 8. The molecule has 0 aliphatic carbocycles. The van der Waals surface area contributed by atoms with Crippen molar-refractivity contribution in [1.82, 2.24) is 20.2 Å². The standard InChI is InChI=1S/C26H34N6O5S/c33-26(27-12-4-15-32-13-1-2-14-32)31-25-29-23-11-8-20(17-24(23)30-25)37-38(34,35)22-9-6-19(7-10-22)28-18-21-5-3-16-36-21/h6-11,17,21,28H,1-5,12-16,18H2,(H3,27,29,30,31,33). The average molecular weight is 543 g/mol. The quantitative estimate of drug-likeness (QED) is 0.213. The Morgan fingerprint density at radius 1 is 1.13 bits per heavy atom. The number of aromatic nitrogens is 2. The Bertz CT molecular complexity index is 1330. The van der Waals surface area contributed by atoms with Crippen LogP contribution in [0.25, 0.3) is 11.0 Å². The van der Waals surface area contributed by atoms with Crippen LogP contribution in [0.1, 0.15) is 32.1 Å². The second-order valence-corrected chi connectivity index (χ2v) is 11.2. The number of nitrogens with zero attached hydrogens (tertiary/aromatic N) is 2. The summed E-state index contributed by atoms with van der Waals surface area (Å²) in [5.74, 6) is 0.405. The summed E-state index contributed by atoms with van der Waals surface area (Å²) in [6.45, 7) is 5.30. The zero-order valence-electron chi connectivity index (χ0n) is 21.2. The maximum absolute atomic E-state index is 12.8. The van der Waals surface area contributed by atoms with Crippen LogP contribution in [0.4, 0.5) is 16.4 Å². The van der Waals surface area contributed by atoms with Gasteiger partial charge in [0.2, 0.25) is 5.95 Å². The van der Waals surface area contributed by atoms with Crippen molar-refractivity contribution >= 4 is 38.8 Å². The molecular weight excluding hydrogens is 508 g/mol. The van der Waals surface area contributed by atoms with E-state index >= 15 is 0 Å². The molecule has 3 heterocycles. The molecule has 11 nitrogen and oxygen atoms in total. The van der Waals surface area contributed by atoms with Gasteiger partial charge in [-0.25, -0.2) is 9.78 Å². The lowest BCUT2D eigenvalue weighted by Crippen LogP contribution is -2.32. The molecule has 204 valence electrons. The van der Waals surface area contributed by atoms with Gasteiger partial charge in [-0.1, -0.05) is 0 Å². The van der Waals surface area contributed by atoms with Gasteiger partial charge in [-0.05, 0) is 88.1 Å². The van der Waals surface area contributed by atoms with Crippen molar-refractivity contribution in [3.8, 4) is 5.75 Å². The number of ether oxygens (including phenoxy) is 1. The molecular formula is C26H34N6O5S. The molecule has 1 atom stereocenters. The zero-order chi connectivity index (χ0) is 26.4. The molecule has 0 spiro atoms. The molecule has 2 fully saturated rings. The van der Waals surface area contributed by atoms with Gasteiger partial charge < -0.3 is 29.4 Å². The van der Waals surface area contributed by atoms with Crippen LogP contribution in [0.15, 0.2) is 47.4 Å². The number of fused-ring (bicyclic) bond motifs is 1. The molecule has 3 aromatic rings. The van der Waals surface area contributed by atoms with Gasteiger partial charge in [0, 0.05) is 31.5 Å². The summed E-state index contributed by atoms with van der Waals surface area (Å²) in [5, 5.41) is 8.79. The summed E-state index contributed by atoms with van der Waals surface area (Å²) in [6.07, 6.45) is 5.67. The maximum atomic E-state index is 12.8. The van der Waals surface area contributed by atoms with E-state index in [1.165, 1.54) is 37.1 Å². The summed E-state index contributed by atoms with van der Waals surface area (Å²) in [5.41, 5.74) is 1.92. The fraction of sp³-hybridized carbons (Fsp3) is 0.462. The van der Waals surface area contributed by atoms with Crippen molar-refractivity contribution in [3.05, 3.63) is 42.5 Å². The van der Waals surface area contributed by atoms with Crippen LogP contribution >= 0.6 is 0 Å². The molecule has 5 rings (SSSR count). The first-order valence-electron chi connectivity index (χ1n) is 13.1. The third-order valence-corrected chi connectivity index (χ3v) is 7.99. The maximum Gasteiger partial charge on any atom is 0.339 e. The minimum atomic E-state index is -4.03. The topological polar surface area (TPSA) is 138 Å². The largest absolute Gasteiger partial charge is 0.382 e. The summed E-state index contributed by atoms with van der Waals surface area (Å²) in [4.78, 5) is 22.0. The Hall–Kier alpha value is -3.35. The summed E-state index contributed by atoms with van der Waals surface area (Å²) in [7, 11) is -4.03. The number of carbonyl (C=O) groups is 1. The predicted octanol–water partition coefficient (Wildman–Crippen LogP) is 3.53. The van der Waals surface area contributed by atoms with E-state index in [9.17, 15) is 13.2 Å². The number of amides is 2. The highest BCUT2D eigenvalue weighted by Gasteiger charge is 2.19. The number of urea groups is 1. The second kappa shape index (κ2) is 12.0. The Labute approximate surface area is 222 Å². The Balaban J connectivity index is 1.13. The molecule has 12 heteroatoms. The van der Waals surface area contributed by atoms with E-state index in [0.717, 1.165) is 51.2 Å². The molecule has 38 heavy (non-hydrogen) atoms. The number of imidazole rings is 1. The van der Waals surface area contributed by atoms with Crippen molar-refractivity contribution in [3.63, 3.8) is 0 Å². The molecule has 1 unspecified atom stereocenters. The van der Waals surface area contributed by atoms with Crippen molar-refractivity contribution in [2.24, 2.45) is 0 Å². The monoisotopic (exact) mass is 542 g/mol. The summed E-state index contributed by atoms with van der Waals surface area (Å²) in [6, 6.07) is 10.8. The van der Waals surface area contributed by atoms with Gasteiger partial charge in [0.05, 0.1) is 17.1 Å². The molecule has 0 saturated carbocycles. The number of benzene rings is 2. The lowest BCUT2D eigenvalue weighted by atomic mass is 10.2. The second-order valence-electron chi connectivity index (χ2n) is 9.63. The minimum absolute atomic E-state index is 0.0497. The van der Waals surface area contributed by atoms with Crippen molar-refractivity contribution in [1.29, 1.82) is 0 Å². The van der Waals surface area contributed by atoms with Gasteiger partial charge in [-0.15, -0.1) is 0 Å². The smallest absolute Gasteiger partial charge is 0.339 e. The summed E-state index contributed by atoms with van der Waals surface area (Å²) >= 11 is 0. The Morgan fingerprint density at radius 2 is 1.95 bits per heavy atom. The van der Waals surface area contributed by atoms with Crippen LogP contribution in [0.2, 0.25) is 0 Å². The molecule has 1 aromatic heterocycles. The SMILES string of the molecule is O=C(NCCCN1CCCC1)Nc1nc2ccc(OS(=O)(=O)c3ccc(NCC4CCCO4)cc3)cc2[nH]1. The van der Waals surface area contributed by atoms with Gasteiger partial charge in [-0.2, -0.15) is 8.42 Å². The first-order valence-corrected chi connectivity index (χ1v) is 14.5. The van der Waals surface area contributed by atoms with E-state index in [2.05, 4.69) is 30.8 Å². The molecule has 0 bridgehead atoms. The molecule has 4 N–H and O–H groups in total. The van der Waals surface area contributed by atoms with E-state index in [0.29, 0.717) is 24.1 Å². The Morgan fingerprint density at radius 3 is 2.71 bits per heavy atom. The highest BCUT2D eigenvalue weighted by atomic mass is 32.2. The fourth-order valence-corrected chi connectivity index (χ4v) is 5.64. The van der Waals surface area contributed by atoms with Crippen LogP contribution in [-0.2, 0) is 14.9 Å². The number of carbonyl (C=O) groups excluding carboxylic acids is 1. The molecule has 2 amide bonds. The van der Waals surface area contributed by atoms with Crippen molar-refractivity contribution in [2.75, 3.05) is 50.0 Å². The number of aromatic amines is 1. The molecule has 0 radical (unpaired) electrons. The van der Waals surface area contributed by atoms with Gasteiger partial charge >= 0.3 is 16.1 Å². The number of nitrogens with one attached hydrogen (secondary N) is 4. The van der Waals surface area contributed by atoms with E-state index in [4.69, 9.17) is 8.92 Å². The van der Waals surface area contributed by atoms with Crippen LogP contribution in [-0.4, -0.2) is 74.8 Å². The molecule has 2 aliphatic heterocycles. The van der Waals surface area contributed by atoms with E-state index in [-0.39, 0.29) is 28.7 Å². The van der Waals surface area contributed by atoms with Crippen LogP contribution in [0.3, 0.4) is 0 Å². The highest BCUT2D eigenvalue weighted by Crippen LogP contribution is 2.25. The lowest BCUT2D eigenvalue weighted by molar-refractivity contribution is 0.120. The first kappa shape index (κ1) is 26.3.